The molecule has 0 bridgehead atoms. The van der Waals surface area contributed by atoms with Crippen molar-refractivity contribution in [3.05, 3.63) is 28.8 Å². The van der Waals surface area contributed by atoms with E-state index in [9.17, 15) is 5.11 Å². The first-order chi connectivity index (χ1) is 7.99. The average molecular weight is 236 g/mol. The van der Waals surface area contributed by atoms with Crippen LogP contribution in [0.25, 0.3) is 0 Å². The zero-order valence-electron chi connectivity index (χ0n) is 11.0. The van der Waals surface area contributed by atoms with Gasteiger partial charge in [-0.05, 0) is 74.0 Å². The topological polar surface area (TPSA) is 72.3 Å². The molecule has 0 aliphatic rings. The minimum atomic E-state index is 0.338. The molecule has 5 N–H and O–H groups in total. The van der Waals surface area contributed by atoms with E-state index >= 15 is 0 Å². The van der Waals surface area contributed by atoms with E-state index in [4.69, 9.17) is 11.5 Å². The summed E-state index contributed by atoms with van der Waals surface area (Å²) in [6.07, 6.45) is 0.999. The van der Waals surface area contributed by atoms with Gasteiger partial charge < -0.3 is 16.6 Å². The van der Waals surface area contributed by atoms with Crippen molar-refractivity contribution >= 4 is 0 Å². The molecule has 0 aromatic heterocycles. The van der Waals surface area contributed by atoms with Crippen LogP contribution in [0.2, 0.25) is 0 Å². The minimum absolute atomic E-state index is 0.338. The largest absolute Gasteiger partial charge is 0.508 e. The predicted octanol–water partition coefficient (Wildman–Crippen LogP) is 2.04. The maximum Gasteiger partial charge on any atom is 0.116 e. The number of phenols is 1. The number of phenolic OH excluding ortho intramolecular Hbond substituents is 1. The third kappa shape index (κ3) is 3.45. The van der Waals surface area contributed by atoms with E-state index in [1.54, 1.807) is 0 Å². The fourth-order valence-corrected chi connectivity index (χ4v) is 2.64. The molecule has 1 atom stereocenters. The first-order valence-corrected chi connectivity index (χ1v) is 6.19. The van der Waals surface area contributed by atoms with E-state index in [1.165, 1.54) is 5.56 Å². The summed E-state index contributed by atoms with van der Waals surface area (Å²) in [6, 6.07) is 3.64. The van der Waals surface area contributed by atoms with Gasteiger partial charge in [0.1, 0.15) is 5.75 Å². The molecule has 0 saturated heterocycles. The lowest BCUT2D eigenvalue weighted by Crippen LogP contribution is -2.25. The molecule has 96 valence electrons. The Morgan fingerprint density at radius 3 is 2.00 bits per heavy atom. The van der Waals surface area contributed by atoms with Gasteiger partial charge in [-0.2, -0.15) is 0 Å². The molecular weight excluding hydrogens is 212 g/mol. The zero-order chi connectivity index (χ0) is 13.0. The van der Waals surface area contributed by atoms with Crippen molar-refractivity contribution in [3.8, 4) is 5.75 Å². The molecule has 0 aliphatic carbocycles. The van der Waals surface area contributed by atoms with Crippen molar-refractivity contribution < 1.29 is 5.11 Å². The van der Waals surface area contributed by atoms with Crippen LogP contribution in [-0.2, 0) is 0 Å². The lowest BCUT2D eigenvalue weighted by Gasteiger charge is -2.22. The summed E-state index contributed by atoms with van der Waals surface area (Å²) in [7, 11) is 0. The van der Waals surface area contributed by atoms with Gasteiger partial charge in [-0.3, -0.25) is 0 Å². The van der Waals surface area contributed by atoms with E-state index in [2.05, 4.69) is 6.92 Å². The predicted molar refractivity (Wildman–Crippen MR) is 72.2 cm³/mol. The fourth-order valence-electron chi connectivity index (χ4n) is 2.64. The van der Waals surface area contributed by atoms with Gasteiger partial charge in [0.05, 0.1) is 0 Å². The molecule has 3 nitrogen and oxygen atoms in total. The molecule has 0 spiro atoms. The molecular formula is C14H24N2O. The molecule has 1 aromatic rings. The summed E-state index contributed by atoms with van der Waals surface area (Å²) in [5, 5.41) is 9.53. The highest BCUT2D eigenvalue weighted by Crippen LogP contribution is 2.31. The number of hydrogen-bond donors (Lipinski definition) is 3. The van der Waals surface area contributed by atoms with Crippen molar-refractivity contribution in [1.82, 2.24) is 0 Å². The summed E-state index contributed by atoms with van der Waals surface area (Å²) < 4.78 is 0. The lowest BCUT2D eigenvalue weighted by molar-refractivity contribution is 0.459. The van der Waals surface area contributed by atoms with Crippen molar-refractivity contribution in [2.75, 3.05) is 13.1 Å². The van der Waals surface area contributed by atoms with Crippen LogP contribution >= 0.6 is 0 Å². The second-order valence-electron chi connectivity index (χ2n) is 4.97. The minimum Gasteiger partial charge on any atom is -0.508 e. The van der Waals surface area contributed by atoms with Gasteiger partial charge in [-0.15, -0.1) is 0 Å². The Kier molecular flexibility index (Phi) is 4.97. The molecule has 1 rings (SSSR count). The smallest absolute Gasteiger partial charge is 0.116 e. The first kappa shape index (κ1) is 14.0. The fraction of sp³-hybridized carbons (Fsp3) is 0.571. The van der Waals surface area contributed by atoms with Crippen LogP contribution in [0.15, 0.2) is 12.1 Å². The molecule has 0 amide bonds. The van der Waals surface area contributed by atoms with Crippen LogP contribution < -0.4 is 11.5 Å². The maximum atomic E-state index is 9.53. The van der Waals surface area contributed by atoms with Gasteiger partial charge in [0.25, 0.3) is 0 Å². The Labute approximate surface area is 104 Å². The molecule has 0 radical (unpaired) electrons. The van der Waals surface area contributed by atoms with Crippen molar-refractivity contribution in [3.63, 3.8) is 0 Å². The van der Waals surface area contributed by atoms with E-state index in [0.717, 1.165) is 17.5 Å². The maximum absolute atomic E-state index is 9.53. The number of nitrogens with two attached hydrogens (primary N) is 2. The summed E-state index contributed by atoms with van der Waals surface area (Å²) in [5.74, 6) is 1.13. The highest BCUT2D eigenvalue weighted by Gasteiger charge is 2.16. The van der Waals surface area contributed by atoms with Crippen LogP contribution in [-0.4, -0.2) is 18.2 Å². The van der Waals surface area contributed by atoms with Gasteiger partial charge in [0.15, 0.2) is 0 Å². The summed E-state index contributed by atoms with van der Waals surface area (Å²) in [4.78, 5) is 0. The van der Waals surface area contributed by atoms with Crippen molar-refractivity contribution in [2.45, 2.75) is 33.1 Å². The molecule has 0 aliphatic heterocycles. The first-order valence-electron chi connectivity index (χ1n) is 6.19. The molecule has 0 heterocycles. The average Bonchev–Trinajstić information content (AvgIpc) is 2.24. The number of benzene rings is 1. The molecule has 17 heavy (non-hydrogen) atoms. The van der Waals surface area contributed by atoms with Crippen LogP contribution in [0.1, 0.15) is 36.0 Å². The monoisotopic (exact) mass is 236 g/mol. The second-order valence-corrected chi connectivity index (χ2v) is 4.97. The second kappa shape index (κ2) is 6.03. The third-order valence-corrected chi connectivity index (χ3v) is 3.42. The van der Waals surface area contributed by atoms with Gasteiger partial charge >= 0.3 is 0 Å². The van der Waals surface area contributed by atoms with Gasteiger partial charge in [-0.25, -0.2) is 0 Å². The molecule has 0 fully saturated rings. The highest BCUT2D eigenvalue weighted by molar-refractivity contribution is 5.42. The number of rotatable bonds is 5. The number of hydrogen-bond acceptors (Lipinski definition) is 3. The van der Waals surface area contributed by atoms with E-state index in [-0.39, 0.29) is 0 Å². The third-order valence-electron chi connectivity index (χ3n) is 3.42. The molecule has 1 unspecified atom stereocenters. The molecule has 1 aromatic carbocycles. The number of aryl methyl sites for hydroxylation is 2. The lowest BCUT2D eigenvalue weighted by atomic mass is 9.85. The van der Waals surface area contributed by atoms with E-state index in [1.807, 2.05) is 26.0 Å². The number of aromatic hydroxyl groups is 1. The highest BCUT2D eigenvalue weighted by atomic mass is 16.3. The van der Waals surface area contributed by atoms with Gasteiger partial charge in [0.2, 0.25) is 0 Å². The van der Waals surface area contributed by atoms with Crippen LogP contribution in [0.4, 0.5) is 0 Å². The van der Waals surface area contributed by atoms with E-state index < -0.39 is 0 Å². The van der Waals surface area contributed by atoms with Crippen molar-refractivity contribution in [2.24, 2.45) is 17.4 Å². The molecule has 3 heteroatoms. The standard InChI is InChI=1S/C14H24N2O/c1-9(4-12(7-15)8-16)14-10(2)5-13(17)6-11(14)3/h5-6,9,12,17H,4,7-8,15-16H2,1-3H3. The van der Waals surface area contributed by atoms with Crippen LogP contribution in [0.3, 0.4) is 0 Å². The summed E-state index contributed by atoms with van der Waals surface area (Å²) >= 11 is 0. The van der Waals surface area contributed by atoms with Crippen molar-refractivity contribution in [1.29, 1.82) is 0 Å². The summed E-state index contributed by atoms with van der Waals surface area (Å²) in [6.45, 7) is 7.55. The quantitative estimate of drug-likeness (QED) is 0.732. The molecule has 0 saturated carbocycles. The Hall–Kier alpha value is -1.06. The van der Waals surface area contributed by atoms with E-state index in [0.29, 0.717) is 30.7 Å². The Morgan fingerprint density at radius 1 is 1.12 bits per heavy atom. The van der Waals surface area contributed by atoms with Gasteiger partial charge in [0, 0.05) is 0 Å². The Balaban J connectivity index is 2.92. The normalized spacial score (nSPS) is 13.1. The Morgan fingerprint density at radius 2 is 1.59 bits per heavy atom. The Bertz CT molecular complexity index is 349. The summed E-state index contributed by atoms with van der Waals surface area (Å²) in [5.41, 5.74) is 15.0. The SMILES string of the molecule is Cc1cc(O)cc(C)c1C(C)CC(CN)CN. The zero-order valence-corrected chi connectivity index (χ0v) is 11.0. The van der Waals surface area contributed by atoms with Crippen LogP contribution in [0.5, 0.6) is 5.75 Å². The van der Waals surface area contributed by atoms with Gasteiger partial charge in [-0.1, -0.05) is 6.92 Å². The van der Waals surface area contributed by atoms with Crippen LogP contribution in [0, 0.1) is 19.8 Å².